The van der Waals surface area contributed by atoms with Crippen LogP contribution in [-0.2, 0) is 87.9 Å². The van der Waals surface area contributed by atoms with Gasteiger partial charge < -0.3 is 113 Å². The fourth-order valence-electron chi connectivity index (χ4n) is 8.69. The molecule has 1 rings (SSSR count). The highest BCUT2D eigenvalue weighted by molar-refractivity contribution is 6.00. The molecule has 0 unspecified atom stereocenters. The van der Waals surface area contributed by atoms with Gasteiger partial charge in [-0.3, -0.25) is 86.5 Å². The summed E-state index contributed by atoms with van der Waals surface area (Å²) in [5.74, 6) is -15.2. The van der Waals surface area contributed by atoms with E-state index < -0.39 is 204 Å². The number of aromatic hydroxyl groups is 1. The Kier molecular flexibility index (Phi) is 38.0. The molecule has 15 atom stereocenters. The number of aliphatic imine (C=N–C) groups is 1. The molecule has 0 aliphatic rings. The van der Waals surface area contributed by atoms with Gasteiger partial charge >= 0.3 is 5.97 Å². The van der Waals surface area contributed by atoms with Gasteiger partial charge in [-0.05, 0) is 139 Å². The fourth-order valence-corrected chi connectivity index (χ4v) is 8.69. The monoisotopic (exact) mass is 1420 g/mol. The summed E-state index contributed by atoms with van der Waals surface area (Å²) < 4.78 is 0. The van der Waals surface area contributed by atoms with E-state index in [1.165, 1.54) is 107 Å². The van der Waals surface area contributed by atoms with Gasteiger partial charge in [-0.2, -0.15) is 0 Å². The van der Waals surface area contributed by atoms with Crippen LogP contribution in [-0.4, -0.2) is 220 Å². The number of nitrogens with one attached hydrogen (secondary N) is 15. The number of phenols is 1. The number of rotatable bonds is 43. The van der Waals surface area contributed by atoms with Crippen molar-refractivity contribution in [3.05, 3.63) is 29.8 Å². The number of aliphatic carboxylic acids is 1. The van der Waals surface area contributed by atoms with Crippen molar-refractivity contribution in [2.45, 2.75) is 225 Å². The first-order chi connectivity index (χ1) is 46.6. The molecule has 25 N–H and O–H groups in total. The maximum Gasteiger partial charge on any atom is 0.303 e. The lowest BCUT2D eigenvalue weighted by molar-refractivity contribution is -0.138. The van der Waals surface area contributed by atoms with Gasteiger partial charge in [0.25, 0.3) is 0 Å². The summed E-state index contributed by atoms with van der Waals surface area (Å²) in [6.07, 6.45) is -0.245. The summed E-state index contributed by atoms with van der Waals surface area (Å²) in [4.78, 5) is 224. The number of carboxylic acids is 1. The number of hydrogen-bond donors (Lipinski definition) is 21. The molecular weight excluding hydrogens is 1320 g/mol. The number of phenolic OH excluding ortho intramolecular Hbond substituents is 1. The third kappa shape index (κ3) is 33.0. The van der Waals surface area contributed by atoms with E-state index in [-0.39, 0.29) is 50.5 Å². The number of carbonyl (C=O) groups excluding carboxylic acids is 16. The molecule has 0 aliphatic heterocycles. The molecule has 0 radical (unpaired) electrons. The molecule has 1 aromatic carbocycles. The van der Waals surface area contributed by atoms with Crippen LogP contribution in [0.3, 0.4) is 0 Å². The van der Waals surface area contributed by atoms with Crippen LogP contribution in [0.15, 0.2) is 29.3 Å². The molecule has 0 bridgehead atoms. The topological polar surface area (TPSA) is 628 Å². The van der Waals surface area contributed by atoms with Gasteiger partial charge in [0.05, 0.1) is 0 Å². The zero-order valence-corrected chi connectivity index (χ0v) is 58.1. The number of hydrogen-bond acceptors (Lipinski definition) is 20. The summed E-state index contributed by atoms with van der Waals surface area (Å²) in [6.45, 7) is 15.6. The van der Waals surface area contributed by atoms with Crippen molar-refractivity contribution in [3.8, 4) is 5.75 Å². The second-order valence-corrected chi connectivity index (χ2v) is 23.9. The minimum atomic E-state index is -1.59. The van der Waals surface area contributed by atoms with Crippen molar-refractivity contribution < 1.29 is 91.7 Å². The maximum absolute atomic E-state index is 13.6. The van der Waals surface area contributed by atoms with Crippen molar-refractivity contribution in [2.24, 2.45) is 27.9 Å². The lowest BCUT2D eigenvalue weighted by Gasteiger charge is -2.25. The SMILES string of the molecule is CC(=O)N[C@@H](C)C(=O)N[C@@H](C)C(=O)N[C@@H](C)C(=O)N[C@@H](C)C(=O)N[C@@H](CCC(=O)O)C(=O)N[C@@H](C)C(=O)N[C@@H](C)C(=O)N[C@@H](C)C(=O)N[C@@H](CCCCN)C(=O)N[C@@H](C)C(=O)N[C@@H](C)C(=O)N[C@@H](C)C(=O)N[C@@H](C)C(=O)N[C@@H](Cc1ccc(O)cc1)C(=O)N[C@@H](CCCN=C(N)N)C(N)=O. The highest BCUT2D eigenvalue weighted by Crippen LogP contribution is 2.13. The first-order valence-corrected chi connectivity index (χ1v) is 32.2. The van der Waals surface area contributed by atoms with E-state index in [0.29, 0.717) is 18.4 Å². The average molecular weight is 1420 g/mol. The predicted molar refractivity (Wildman–Crippen MR) is 358 cm³/mol. The summed E-state index contributed by atoms with van der Waals surface area (Å²) in [7, 11) is 0. The van der Waals surface area contributed by atoms with E-state index in [2.05, 4.69) is 84.7 Å². The molecule has 100 heavy (non-hydrogen) atoms. The Hall–Kier alpha value is -10.8. The van der Waals surface area contributed by atoms with E-state index in [4.69, 9.17) is 22.9 Å². The van der Waals surface area contributed by atoms with Crippen LogP contribution in [0.4, 0.5) is 0 Å². The number of carboxylic acid groups (broad SMARTS) is 1. The zero-order valence-electron chi connectivity index (χ0n) is 58.1. The number of guanidine groups is 1. The maximum atomic E-state index is 13.6. The van der Waals surface area contributed by atoms with Gasteiger partial charge in [0.15, 0.2) is 5.96 Å². The molecule has 0 spiro atoms. The third-order valence-electron chi connectivity index (χ3n) is 14.8. The molecule has 1 aromatic rings. The van der Waals surface area contributed by atoms with Crippen molar-refractivity contribution >= 4 is 106 Å². The van der Waals surface area contributed by atoms with Gasteiger partial charge in [0.2, 0.25) is 94.5 Å². The number of carbonyl (C=O) groups is 17. The minimum absolute atomic E-state index is 0.000222. The number of benzene rings is 1. The highest BCUT2D eigenvalue weighted by atomic mass is 16.4. The third-order valence-corrected chi connectivity index (χ3v) is 14.8. The van der Waals surface area contributed by atoms with Crippen LogP contribution in [0, 0.1) is 0 Å². The number of unbranched alkanes of at least 4 members (excludes halogenated alkanes) is 1. The Morgan fingerprint density at radius 1 is 0.360 bits per heavy atom. The number of primary amides is 1. The first kappa shape index (κ1) is 87.3. The van der Waals surface area contributed by atoms with Crippen LogP contribution in [0.25, 0.3) is 0 Å². The van der Waals surface area contributed by atoms with Crippen molar-refractivity contribution in [1.29, 1.82) is 0 Å². The van der Waals surface area contributed by atoms with Crippen LogP contribution in [0.2, 0.25) is 0 Å². The Morgan fingerprint density at radius 3 is 0.930 bits per heavy atom. The molecule has 16 amide bonds. The summed E-state index contributed by atoms with van der Waals surface area (Å²) in [6, 6.07) is -14.0. The lowest BCUT2D eigenvalue weighted by atomic mass is 10.0. The van der Waals surface area contributed by atoms with E-state index in [9.17, 15) is 91.7 Å². The molecule has 0 saturated carbocycles. The largest absolute Gasteiger partial charge is 0.508 e. The second-order valence-electron chi connectivity index (χ2n) is 23.9. The van der Waals surface area contributed by atoms with E-state index >= 15 is 0 Å². The molecule has 0 heterocycles. The van der Waals surface area contributed by atoms with Gasteiger partial charge in [-0.15, -0.1) is 0 Å². The van der Waals surface area contributed by atoms with E-state index in [1.807, 2.05) is 0 Å². The van der Waals surface area contributed by atoms with Gasteiger partial charge in [0, 0.05) is 26.3 Å². The van der Waals surface area contributed by atoms with Crippen molar-refractivity contribution in [3.63, 3.8) is 0 Å². The molecule has 0 aliphatic carbocycles. The minimum Gasteiger partial charge on any atom is -0.508 e. The number of nitrogens with two attached hydrogens (primary N) is 4. The standard InChI is InChI=1S/C61H100N20O19/c1-27(67-38(12)82)47(87)68-28(2)48(88)69-30(4)50(90)74-36(10)56(96)80-43(22-23-45(84)85)59(99)77-34(8)54(94)72-32(6)51(91)73-35(9)55(95)79-42(16-13-14-24-62)58(98)76-33(7)53(93)71-29(3)49(89)70-31(5)52(92)75-37(11)57(97)81-44(26-39-18-20-40(83)21-19-39)60(100)78-41(46(63)86)17-15-25-66-61(64)65/h18-21,27-37,41-44,83H,13-17,22-26,62H2,1-12H3,(H2,63,86)(H,67,82)(H,68,87)(H,69,88)(H,70,89)(H,71,93)(H,72,94)(H,73,91)(H,74,90)(H,75,92)(H,76,98)(H,77,99)(H,78,100)(H,79,95)(H,80,96)(H,81,97)(H,84,85)(H4,64,65,66)/t27-,28-,29-,30-,31-,32-,33-,34-,35-,36-,37-,41-,42-,43-,44-/m0/s1. The molecule has 39 nitrogen and oxygen atoms in total. The Labute approximate surface area is 577 Å². The van der Waals surface area contributed by atoms with E-state index in [1.54, 1.807) is 0 Å². The molecule has 0 fully saturated rings. The van der Waals surface area contributed by atoms with Crippen LogP contribution >= 0.6 is 0 Å². The lowest BCUT2D eigenvalue weighted by Crippen LogP contribution is -2.59. The predicted octanol–water partition coefficient (Wildman–Crippen LogP) is -8.02. The average Bonchev–Trinajstić information content (AvgIpc) is 0.875. The summed E-state index contributed by atoms with van der Waals surface area (Å²) in [5, 5.41) is 55.2. The van der Waals surface area contributed by atoms with Crippen LogP contribution < -0.4 is 103 Å². The molecular formula is C61H100N20O19. The second kappa shape index (κ2) is 43.5. The molecule has 0 aromatic heterocycles. The molecule has 39 heteroatoms. The zero-order chi connectivity index (χ0) is 76.4. The number of nitrogens with zero attached hydrogens (tertiary/aromatic N) is 1. The van der Waals surface area contributed by atoms with Crippen LogP contribution in [0.5, 0.6) is 5.75 Å². The Morgan fingerprint density at radius 2 is 0.630 bits per heavy atom. The highest BCUT2D eigenvalue weighted by Gasteiger charge is 2.34. The summed E-state index contributed by atoms with van der Waals surface area (Å²) >= 11 is 0. The Balaban J connectivity index is 2.93. The fraction of sp³-hybridized carbons (Fsp3) is 0.607. The smallest absolute Gasteiger partial charge is 0.303 e. The van der Waals surface area contributed by atoms with Gasteiger partial charge in [-0.1, -0.05) is 12.1 Å². The number of amides is 16. The Bertz CT molecular complexity index is 3110. The normalized spacial score (nSPS) is 15.3. The van der Waals surface area contributed by atoms with E-state index in [0.717, 1.165) is 0 Å². The summed E-state index contributed by atoms with van der Waals surface area (Å²) in [5.41, 5.74) is 22.4. The molecule has 0 saturated heterocycles. The van der Waals surface area contributed by atoms with Crippen molar-refractivity contribution in [2.75, 3.05) is 13.1 Å². The van der Waals surface area contributed by atoms with Crippen molar-refractivity contribution in [1.82, 2.24) is 79.8 Å². The first-order valence-electron chi connectivity index (χ1n) is 32.2. The molecule has 558 valence electrons. The quantitative estimate of drug-likeness (QED) is 0.0164. The van der Waals surface area contributed by atoms with Gasteiger partial charge in [0.1, 0.15) is 96.4 Å². The van der Waals surface area contributed by atoms with Crippen LogP contribution in [0.1, 0.15) is 134 Å². The van der Waals surface area contributed by atoms with Gasteiger partial charge in [-0.25, -0.2) is 0 Å².